The van der Waals surface area contributed by atoms with Gasteiger partial charge in [-0.25, -0.2) is 0 Å². The summed E-state index contributed by atoms with van der Waals surface area (Å²) < 4.78 is 10.8. The van der Waals surface area contributed by atoms with Crippen LogP contribution in [0.4, 0.5) is 0 Å². The minimum atomic E-state index is -0.176. The lowest BCUT2D eigenvalue weighted by molar-refractivity contribution is 0.0932. The fourth-order valence-electron chi connectivity index (χ4n) is 2.98. The summed E-state index contributed by atoms with van der Waals surface area (Å²) in [5.41, 5.74) is 2.13. The van der Waals surface area contributed by atoms with Gasteiger partial charge in [-0.05, 0) is 63.0 Å². The number of nitrogens with one attached hydrogen (secondary N) is 1. The molecule has 1 aromatic heterocycles. The van der Waals surface area contributed by atoms with Crippen molar-refractivity contribution in [2.75, 3.05) is 27.7 Å². The quantitative estimate of drug-likeness (QED) is 0.648. The fraction of sp³-hybridized carbons (Fsp3) is 0.286. The van der Waals surface area contributed by atoms with E-state index in [-0.39, 0.29) is 11.9 Å². The van der Waals surface area contributed by atoms with E-state index in [0.29, 0.717) is 21.9 Å². The third-order valence-corrected chi connectivity index (χ3v) is 4.71. The Hall–Kier alpha value is -2.50. The third-order valence-electron chi connectivity index (χ3n) is 4.46. The molecule has 3 rings (SSSR count). The van der Waals surface area contributed by atoms with Crippen LogP contribution in [0.1, 0.15) is 28.4 Å². The number of fused-ring (bicyclic) bond motifs is 1. The van der Waals surface area contributed by atoms with Crippen molar-refractivity contribution < 1.29 is 13.9 Å². The molecule has 27 heavy (non-hydrogen) atoms. The van der Waals surface area contributed by atoms with Crippen LogP contribution in [0, 0.1) is 0 Å². The van der Waals surface area contributed by atoms with E-state index in [4.69, 9.17) is 20.8 Å². The van der Waals surface area contributed by atoms with Crippen molar-refractivity contribution in [2.45, 2.75) is 12.5 Å². The Kier molecular flexibility index (Phi) is 6.04. The summed E-state index contributed by atoms with van der Waals surface area (Å²) in [5, 5.41) is 4.64. The summed E-state index contributed by atoms with van der Waals surface area (Å²) in [6.07, 6.45) is 2.36. The van der Waals surface area contributed by atoms with Crippen molar-refractivity contribution in [1.82, 2.24) is 10.2 Å². The van der Waals surface area contributed by atoms with Gasteiger partial charge in [-0.3, -0.25) is 4.79 Å². The normalized spacial score (nSPS) is 12.3. The lowest BCUT2D eigenvalue weighted by atomic mass is 10.0. The van der Waals surface area contributed by atoms with Gasteiger partial charge in [0.2, 0.25) is 0 Å². The van der Waals surface area contributed by atoms with Gasteiger partial charge in [0.1, 0.15) is 11.3 Å². The molecule has 1 N–H and O–H groups in total. The van der Waals surface area contributed by atoms with Crippen LogP contribution in [-0.4, -0.2) is 38.6 Å². The zero-order chi connectivity index (χ0) is 19.4. The van der Waals surface area contributed by atoms with Crippen LogP contribution in [-0.2, 0) is 0 Å². The number of ether oxygens (including phenoxy) is 1. The molecule has 5 nitrogen and oxygen atoms in total. The number of nitrogens with zero attached hydrogens (tertiary/aromatic N) is 1. The first kappa shape index (κ1) is 19.3. The molecule has 0 fully saturated rings. The molecule has 0 saturated heterocycles. The fourth-order valence-corrected chi connectivity index (χ4v) is 3.11. The maximum Gasteiger partial charge on any atom is 0.252 e. The number of halogens is 1. The van der Waals surface area contributed by atoms with Crippen molar-refractivity contribution in [1.29, 1.82) is 0 Å². The van der Waals surface area contributed by atoms with Crippen LogP contribution >= 0.6 is 11.6 Å². The standard InChI is InChI=1S/C21H23ClN2O3/c1-24(2)10-8-18(14-4-6-16(22)7-5-14)23-21(25)15-12-19(26-3)17-9-11-27-20(17)13-15/h4-7,9,11-13,18H,8,10H2,1-3H3,(H,23,25). The first-order valence-electron chi connectivity index (χ1n) is 8.74. The van der Waals surface area contributed by atoms with E-state index in [1.165, 1.54) is 0 Å². The molecular weight excluding hydrogens is 364 g/mol. The molecule has 1 amide bonds. The maximum absolute atomic E-state index is 12.9. The molecule has 1 atom stereocenters. The van der Waals surface area contributed by atoms with Crippen LogP contribution in [0.25, 0.3) is 11.0 Å². The van der Waals surface area contributed by atoms with Crippen molar-refractivity contribution in [3.05, 3.63) is 64.9 Å². The average Bonchev–Trinajstić information content (AvgIpc) is 3.13. The highest BCUT2D eigenvalue weighted by molar-refractivity contribution is 6.30. The minimum Gasteiger partial charge on any atom is -0.496 e. The van der Waals surface area contributed by atoms with Gasteiger partial charge in [-0.1, -0.05) is 23.7 Å². The SMILES string of the molecule is COc1cc(C(=O)NC(CCN(C)C)c2ccc(Cl)cc2)cc2occc12. The van der Waals surface area contributed by atoms with Crippen LogP contribution in [0.2, 0.25) is 5.02 Å². The van der Waals surface area contributed by atoms with E-state index < -0.39 is 0 Å². The number of carbonyl (C=O) groups is 1. The molecular formula is C21H23ClN2O3. The van der Waals surface area contributed by atoms with Gasteiger partial charge in [-0.15, -0.1) is 0 Å². The number of carbonyl (C=O) groups excluding carboxylic acids is 1. The highest BCUT2D eigenvalue weighted by Gasteiger charge is 2.18. The van der Waals surface area contributed by atoms with Crippen molar-refractivity contribution >= 4 is 28.5 Å². The summed E-state index contributed by atoms with van der Waals surface area (Å²) >= 11 is 6.00. The third kappa shape index (κ3) is 4.62. The number of amides is 1. The molecule has 2 aromatic carbocycles. The topological polar surface area (TPSA) is 54.7 Å². The van der Waals surface area contributed by atoms with Crippen LogP contribution in [0.3, 0.4) is 0 Å². The van der Waals surface area contributed by atoms with E-state index in [0.717, 1.165) is 23.9 Å². The highest BCUT2D eigenvalue weighted by Crippen LogP contribution is 2.29. The van der Waals surface area contributed by atoms with E-state index in [1.807, 2.05) is 44.4 Å². The molecule has 6 heteroatoms. The van der Waals surface area contributed by atoms with Crippen LogP contribution in [0.5, 0.6) is 5.75 Å². The molecule has 0 aliphatic heterocycles. The number of rotatable bonds is 7. The van der Waals surface area contributed by atoms with Gasteiger partial charge in [0, 0.05) is 10.6 Å². The second kappa shape index (κ2) is 8.46. The summed E-state index contributed by atoms with van der Waals surface area (Å²) in [4.78, 5) is 15.0. The lowest BCUT2D eigenvalue weighted by Gasteiger charge is -2.21. The predicted octanol–water partition coefficient (Wildman–Crippen LogP) is 4.52. The zero-order valence-corrected chi connectivity index (χ0v) is 16.4. The van der Waals surface area contributed by atoms with E-state index in [1.54, 1.807) is 25.5 Å². The van der Waals surface area contributed by atoms with E-state index in [2.05, 4.69) is 10.2 Å². The minimum absolute atomic E-state index is 0.129. The van der Waals surface area contributed by atoms with E-state index in [9.17, 15) is 4.79 Å². The van der Waals surface area contributed by atoms with Crippen molar-refractivity contribution in [3.63, 3.8) is 0 Å². The van der Waals surface area contributed by atoms with Gasteiger partial charge in [0.25, 0.3) is 5.91 Å². The number of hydrogen-bond donors (Lipinski definition) is 1. The lowest BCUT2D eigenvalue weighted by Crippen LogP contribution is -2.31. The van der Waals surface area contributed by atoms with Gasteiger partial charge < -0.3 is 19.4 Å². The summed E-state index contributed by atoms with van der Waals surface area (Å²) in [5.74, 6) is 0.438. The van der Waals surface area contributed by atoms with Gasteiger partial charge in [0.15, 0.2) is 0 Å². The Morgan fingerprint density at radius 3 is 2.63 bits per heavy atom. The Morgan fingerprint density at radius 2 is 1.96 bits per heavy atom. The zero-order valence-electron chi connectivity index (χ0n) is 15.7. The second-order valence-electron chi connectivity index (χ2n) is 6.68. The van der Waals surface area contributed by atoms with Gasteiger partial charge in [-0.2, -0.15) is 0 Å². The number of methoxy groups -OCH3 is 1. The first-order chi connectivity index (χ1) is 13.0. The van der Waals surface area contributed by atoms with Gasteiger partial charge >= 0.3 is 0 Å². The Bertz CT molecular complexity index is 919. The number of hydrogen-bond acceptors (Lipinski definition) is 4. The number of benzene rings is 2. The van der Waals surface area contributed by atoms with E-state index >= 15 is 0 Å². The summed E-state index contributed by atoms with van der Waals surface area (Å²) in [6, 6.07) is 12.7. The Morgan fingerprint density at radius 1 is 1.22 bits per heavy atom. The molecule has 1 unspecified atom stereocenters. The summed E-state index contributed by atoms with van der Waals surface area (Å²) in [7, 11) is 5.60. The predicted molar refractivity (Wildman–Crippen MR) is 108 cm³/mol. The largest absolute Gasteiger partial charge is 0.496 e. The first-order valence-corrected chi connectivity index (χ1v) is 9.12. The van der Waals surface area contributed by atoms with Crippen LogP contribution < -0.4 is 10.1 Å². The second-order valence-corrected chi connectivity index (χ2v) is 7.12. The van der Waals surface area contributed by atoms with Crippen LogP contribution in [0.15, 0.2) is 53.1 Å². The molecule has 0 bridgehead atoms. The molecule has 3 aromatic rings. The Balaban J connectivity index is 1.86. The summed E-state index contributed by atoms with van der Waals surface area (Å²) in [6.45, 7) is 0.841. The molecule has 0 radical (unpaired) electrons. The monoisotopic (exact) mass is 386 g/mol. The van der Waals surface area contributed by atoms with Crippen molar-refractivity contribution in [2.24, 2.45) is 0 Å². The highest BCUT2D eigenvalue weighted by atomic mass is 35.5. The smallest absolute Gasteiger partial charge is 0.252 e. The van der Waals surface area contributed by atoms with Gasteiger partial charge in [0.05, 0.1) is 24.8 Å². The number of furan rings is 1. The molecule has 142 valence electrons. The average molecular weight is 387 g/mol. The molecule has 0 aliphatic carbocycles. The van der Waals surface area contributed by atoms with Crippen molar-refractivity contribution in [3.8, 4) is 5.75 Å². The Labute approximate surface area is 163 Å². The molecule has 0 aliphatic rings. The molecule has 0 spiro atoms. The molecule has 1 heterocycles. The molecule has 0 saturated carbocycles. The maximum atomic E-state index is 12.9.